The van der Waals surface area contributed by atoms with Gasteiger partial charge in [0.15, 0.2) is 0 Å². The number of ether oxygens (including phenoxy) is 3. The monoisotopic (exact) mass is 533 g/mol. The fourth-order valence-electron chi connectivity index (χ4n) is 4.08. The molecule has 9 heteroatoms. The highest BCUT2D eigenvalue weighted by Gasteiger charge is 2.37. The number of amides is 3. The summed E-state index contributed by atoms with van der Waals surface area (Å²) in [4.78, 5) is 40.9. The van der Waals surface area contributed by atoms with Gasteiger partial charge in [-0.15, -0.1) is 0 Å². The maximum Gasteiger partial charge on any atom is 0.410 e. The smallest absolute Gasteiger partial charge is 0.410 e. The molecule has 1 saturated heterocycles. The quantitative estimate of drug-likeness (QED) is 0.324. The minimum Gasteiger partial charge on any atom is -0.497 e. The van der Waals surface area contributed by atoms with E-state index < -0.39 is 30.0 Å². The Kier molecular flexibility index (Phi) is 10.7. The minimum absolute atomic E-state index is 0.103. The van der Waals surface area contributed by atoms with Crippen LogP contribution in [0.4, 0.5) is 10.5 Å². The first kappa shape index (κ1) is 29.0. The first-order chi connectivity index (χ1) is 18.9. The fraction of sp³-hybridized carbons (Fsp3) is 0.300. The molecule has 0 unspecified atom stereocenters. The zero-order valence-corrected chi connectivity index (χ0v) is 22.5. The molecule has 1 aliphatic rings. The van der Waals surface area contributed by atoms with Crippen molar-refractivity contribution in [2.75, 3.05) is 26.1 Å². The largest absolute Gasteiger partial charge is 0.497 e. The molecule has 0 saturated carbocycles. The number of benzene rings is 2. The molecule has 3 amide bonds. The van der Waals surface area contributed by atoms with Gasteiger partial charge in [0, 0.05) is 12.2 Å². The van der Waals surface area contributed by atoms with E-state index >= 15 is 0 Å². The number of hydrogen-bond donors (Lipinski definition) is 2. The Balaban J connectivity index is 1.73. The van der Waals surface area contributed by atoms with Crippen molar-refractivity contribution in [3.05, 3.63) is 96.3 Å². The van der Waals surface area contributed by atoms with Gasteiger partial charge in [-0.25, -0.2) is 4.79 Å². The second kappa shape index (κ2) is 14.4. The van der Waals surface area contributed by atoms with Crippen molar-refractivity contribution >= 4 is 23.6 Å². The lowest BCUT2D eigenvalue weighted by Gasteiger charge is -2.26. The maximum atomic E-state index is 13.4. The summed E-state index contributed by atoms with van der Waals surface area (Å²) in [6.45, 7) is 6.31. The Hall–Kier alpha value is -4.53. The summed E-state index contributed by atoms with van der Waals surface area (Å²) in [6.07, 6.45) is 5.54. The molecule has 39 heavy (non-hydrogen) atoms. The topological polar surface area (TPSA) is 106 Å². The summed E-state index contributed by atoms with van der Waals surface area (Å²) in [5.74, 6) is 0.259. The Morgan fingerprint density at radius 3 is 2.44 bits per heavy atom. The van der Waals surface area contributed by atoms with Crippen LogP contribution in [0.15, 0.2) is 90.7 Å². The number of methoxy groups -OCH3 is 2. The number of rotatable bonds is 11. The van der Waals surface area contributed by atoms with E-state index in [4.69, 9.17) is 14.2 Å². The number of allylic oxidation sites excluding steroid dienone is 2. The second-order valence-electron chi connectivity index (χ2n) is 8.85. The third-order valence-corrected chi connectivity index (χ3v) is 6.25. The van der Waals surface area contributed by atoms with Crippen molar-refractivity contribution in [3.63, 3.8) is 0 Å². The van der Waals surface area contributed by atoms with Crippen LogP contribution in [0, 0.1) is 0 Å². The number of carbonyl (C=O) groups excluding carboxylic acids is 3. The number of nitrogens with zero attached hydrogens (tertiary/aromatic N) is 1. The molecule has 2 atom stereocenters. The molecule has 0 bridgehead atoms. The van der Waals surface area contributed by atoms with E-state index in [1.807, 2.05) is 37.3 Å². The van der Waals surface area contributed by atoms with Crippen LogP contribution in [0.25, 0.3) is 0 Å². The first-order valence-electron chi connectivity index (χ1n) is 12.7. The molecular weight excluding hydrogens is 498 g/mol. The predicted octanol–water partition coefficient (Wildman–Crippen LogP) is 4.58. The Labute approximate surface area is 229 Å². The zero-order valence-electron chi connectivity index (χ0n) is 22.5. The van der Waals surface area contributed by atoms with E-state index in [1.54, 1.807) is 49.6 Å². The third-order valence-electron chi connectivity index (χ3n) is 6.25. The van der Waals surface area contributed by atoms with Gasteiger partial charge < -0.3 is 24.8 Å². The van der Waals surface area contributed by atoms with Crippen molar-refractivity contribution in [2.45, 2.75) is 38.5 Å². The molecule has 206 valence electrons. The molecule has 2 N–H and O–H groups in total. The van der Waals surface area contributed by atoms with Gasteiger partial charge in [0.1, 0.15) is 30.2 Å². The molecule has 0 radical (unpaired) electrons. The zero-order chi connectivity index (χ0) is 28.2. The Morgan fingerprint density at radius 1 is 1.08 bits per heavy atom. The highest BCUT2D eigenvalue weighted by molar-refractivity contribution is 6.00. The summed E-state index contributed by atoms with van der Waals surface area (Å²) in [7, 11) is 3.09. The van der Waals surface area contributed by atoms with E-state index in [-0.39, 0.29) is 6.61 Å². The molecule has 1 heterocycles. The second-order valence-corrected chi connectivity index (χ2v) is 8.85. The van der Waals surface area contributed by atoms with Crippen LogP contribution in [0.3, 0.4) is 0 Å². The molecule has 0 aromatic heterocycles. The summed E-state index contributed by atoms with van der Waals surface area (Å²) < 4.78 is 15.9. The van der Waals surface area contributed by atoms with E-state index in [1.165, 1.54) is 12.0 Å². The molecule has 1 fully saturated rings. The van der Waals surface area contributed by atoms with E-state index in [0.717, 1.165) is 5.56 Å². The number of nitrogens with one attached hydrogen (secondary N) is 2. The summed E-state index contributed by atoms with van der Waals surface area (Å²) in [5.41, 5.74) is 1.71. The van der Waals surface area contributed by atoms with Crippen molar-refractivity contribution in [1.29, 1.82) is 0 Å². The van der Waals surface area contributed by atoms with Crippen LogP contribution >= 0.6 is 0 Å². The average Bonchev–Trinajstić information content (AvgIpc) is 3.46. The molecule has 1 aliphatic heterocycles. The van der Waals surface area contributed by atoms with Crippen molar-refractivity contribution in [3.8, 4) is 5.75 Å². The Morgan fingerprint density at radius 2 is 1.79 bits per heavy atom. The van der Waals surface area contributed by atoms with Crippen molar-refractivity contribution < 1.29 is 28.6 Å². The van der Waals surface area contributed by atoms with Crippen LogP contribution in [0.5, 0.6) is 5.75 Å². The van der Waals surface area contributed by atoms with Crippen LogP contribution < -0.4 is 15.4 Å². The maximum absolute atomic E-state index is 13.4. The van der Waals surface area contributed by atoms with Gasteiger partial charge in [-0.1, -0.05) is 43.0 Å². The summed E-state index contributed by atoms with van der Waals surface area (Å²) >= 11 is 0. The van der Waals surface area contributed by atoms with Crippen LogP contribution in [0.1, 0.15) is 25.3 Å². The highest BCUT2D eigenvalue weighted by Crippen LogP contribution is 2.21. The van der Waals surface area contributed by atoms with Gasteiger partial charge in [0.05, 0.1) is 14.2 Å². The van der Waals surface area contributed by atoms with Gasteiger partial charge in [-0.3, -0.25) is 14.5 Å². The van der Waals surface area contributed by atoms with Crippen LogP contribution in [-0.2, 0) is 25.7 Å². The lowest BCUT2D eigenvalue weighted by molar-refractivity contribution is -0.128. The van der Waals surface area contributed by atoms with Gasteiger partial charge in [-0.05, 0) is 67.3 Å². The van der Waals surface area contributed by atoms with E-state index in [9.17, 15) is 14.4 Å². The van der Waals surface area contributed by atoms with E-state index in [2.05, 4.69) is 17.2 Å². The molecule has 9 nitrogen and oxygen atoms in total. The predicted molar refractivity (Wildman–Crippen MR) is 149 cm³/mol. The lowest BCUT2D eigenvalue weighted by atomic mass is 10.1. The normalized spacial score (nSPS) is 15.9. The average molecular weight is 534 g/mol. The van der Waals surface area contributed by atoms with Gasteiger partial charge in [0.2, 0.25) is 5.91 Å². The van der Waals surface area contributed by atoms with Crippen molar-refractivity contribution in [1.82, 2.24) is 10.2 Å². The molecule has 3 rings (SSSR count). The van der Waals surface area contributed by atoms with Gasteiger partial charge in [0.25, 0.3) is 5.91 Å². The SMILES string of the molecule is C=C(/C=C\C(=C/C)OC)[C@@H](NC(=O)[C@@H]1CCCN1C(=O)OCc1ccccc1)C(=O)Nc1ccc(OC)cc1. The number of anilines is 1. The third kappa shape index (κ3) is 8.23. The van der Waals surface area contributed by atoms with E-state index in [0.29, 0.717) is 42.2 Å². The number of likely N-dealkylation sites (tertiary alicyclic amines) is 1. The lowest BCUT2D eigenvalue weighted by Crippen LogP contribution is -2.52. The summed E-state index contributed by atoms with van der Waals surface area (Å²) in [6, 6.07) is 14.3. The van der Waals surface area contributed by atoms with Crippen molar-refractivity contribution in [2.24, 2.45) is 0 Å². The standard InChI is InChI=1S/C30H35N3O6/c1-5-24(37-3)16-13-21(2)27(29(35)31-23-14-17-25(38-4)18-15-23)32-28(34)26-12-9-19-33(26)30(36)39-20-22-10-7-6-8-11-22/h5-8,10-11,13-18,26-27H,2,9,12,19-20H2,1,3-4H3,(H,31,35)(H,32,34)/b16-13-,24-5+/t26-,27+/m0/s1. The van der Waals surface area contributed by atoms with Crippen LogP contribution in [-0.4, -0.2) is 55.7 Å². The molecular formula is C30H35N3O6. The first-order valence-corrected chi connectivity index (χ1v) is 12.7. The number of hydrogen-bond acceptors (Lipinski definition) is 6. The molecule has 0 aliphatic carbocycles. The molecule has 2 aromatic rings. The Bertz CT molecular complexity index is 1210. The van der Waals surface area contributed by atoms with Crippen LogP contribution in [0.2, 0.25) is 0 Å². The molecule has 2 aromatic carbocycles. The fourth-order valence-corrected chi connectivity index (χ4v) is 4.08. The summed E-state index contributed by atoms with van der Waals surface area (Å²) in [5, 5.41) is 5.59. The minimum atomic E-state index is -1.10. The van der Waals surface area contributed by atoms with Gasteiger partial charge in [-0.2, -0.15) is 0 Å². The van der Waals surface area contributed by atoms with Gasteiger partial charge >= 0.3 is 6.09 Å². The highest BCUT2D eigenvalue weighted by atomic mass is 16.6. The number of carbonyl (C=O) groups is 3. The molecule has 0 spiro atoms.